The predicted molar refractivity (Wildman–Crippen MR) is 99.9 cm³/mol. The Labute approximate surface area is 155 Å². The third kappa shape index (κ3) is 3.44. The van der Waals surface area contributed by atoms with Gasteiger partial charge < -0.3 is 4.98 Å². The third-order valence-corrected chi connectivity index (χ3v) is 4.52. The highest BCUT2D eigenvalue weighted by atomic mass is 35.5. The monoisotopic (exact) mass is 366 g/mol. The van der Waals surface area contributed by atoms with E-state index < -0.39 is 5.95 Å². The summed E-state index contributed by atoms with van der Waals surface area (Å²) in [5.74, 6) is -0.446. The van der Waals surface area contributed by atoms with E-state index in [0.717, 1.165) is 33.3 Å². The van der Waals surface area contributed by atoms with Gasteiger partial charge in [-0.25, -0.2) is 15.0 Å². The van der Waals surface area contributed by atoms with E-state index in [1.54, 1.807) is 18.5 Å². The van der Waals surface area contributed by atoms with Gasteiger partial charge >= 0.3 is 0 Å². The van der Waals surface area contributed by atoms with Crippen LogP contribution in [0.2, 0.25) is 5.15 Å². The number of halogens is 2. The first-order valence-electron chi connectivity index (χ1n) is 8.25. The molecule has 0 saturated carbocycles. The van der Waals surface area contributed by atoms with Crippen molar-refractivity contribution < 1.29 is 4.39 Å². The molecule has 130 valence electrons. The number of aromatic amines is 1. The van der Waals surface area contributed by atoms with Crippen LogP contribution in [0.1, 0.15) is 27.8 Å². The van der Waals surface area contributed by atoms with Crippen LogP contribution in [0, 0.1) is 12.9 Å². The molecule has 0 aliphatic carbocycles. The molecule has 0 aliphatic heterocycles. The zero-order valence-electron chi connectivity index (χ0n) is 14.1. The molecule has 4 aromatic heterocycles. The average Bonchev–Trinajstić information content (AvgIpc) is 3.02. The highest BCUT2D eigenvalue weighted by Gasteiger charge is 2.11. The van der Waals surface area contributed by atoms with E-state index in [4.69, 9.17) is 11.6 Å². The van der Waals surface area contributed by atoms with Crippen molar-refractivity contribution in [3.8, 4) is 0 Å². The maximum Gasteiger partial charge on any atom is 0.216 e. The Kier molecular flexibility index (Phi) is 4.39. The van der Waals surface area contributed by atoms with Gasteiger partial charge in [0.1, 0.15) is 10.8 Å². The first-order chi connectivity index (χ1) is 12.6. The lowest BCUT2D eigenvalue weighted by Gasteiger charge is -2.07. The van der Waals surface area contributed by atoms with Gasteiger partial charge in [0.05, 0.1) is 0 Å². The van der Waals surface area contributed by atoms with Gasteiger partial charge in [-0.2, -0.15) is 4.39 Å². The fourth-order valence-corrected chi connectivity index (χ4v) is 3.14. The Morgan fingerprint density at radius 1 is 0.962 bits per heavy atom. The number of pyridine rings is 3. The Morgan fingerprint density at radius 2 is 1.81 bits per heavy atom. The molecule has 0 radical (unpaired) electrons. The van der Waals surface area contributed by atoms with Crippen LogP contribution in [-0.2, 0) is 12.8 Å². The molecule has 1 N–H and O–H groups in total. The molecule has 4 nitrogen and oxygen atoms in total. The van der Waals surface area contributed by atoms with E-state index in [2.05, 4.69) is 26.0 Å². The topological polar surface area (TPSA) is 54.5 Å². The smallest absolute Gasteiger partial charge is 0.216 e. The molecule has 0 atom stereocenters. The molecule has 4 heterocycles. The molecule has 4 rings (SSSR count). The van der Waals surface area contributed by atoms with E-state index in [1.807, 2.05) is 31.5 Å². The number of H-pyrrole nitrogens is 1. The van der Waals surface area contributed by atoms with Gasteiger partial charge in [-0.05, 0) is 47.4 Å². The van der Waals surface area contributed by atoms with Crippen molar-refractivity contribution in [1.82, 2.24) is 19.9 Å². The highest BCUT2D eigenvalue weighted by molar-refractivity contribution is 6.29. The van der Waals surface area contributed by atoms with E-state index in [9.17, 15) is 4.39 Å². The summed E-state index contributed by atoms with van der Waals surface area (Å²) in [6, 6.07) is 7.57. The van der Waals surface area contributed by atoms with Gasteiger partial charge in [-0.3, -0.25) is 0 Å². The molecule has 4 aromatic rings. The van der Waals surface area contributed by atoms with Crippen molar-refractivity contribution in [2.75, 3.05) is 0 Å². The summed E-state index contributed by atoms with van der Waals surface area (Å²) in [5.41, 5.74) is 5.37. The van der Waals surface area contributed by atoms with E-state index in [-0.39, 0.29) is 0 Å². The van der Waals surface area contributed by atoms with Crippen LogP contribution in [0.5, 0.6) is 0 Å². The molecular weight excluding hydrogens is 351 g/mol. The van der Waals surface area contributed by atoms with Gasteiger partial charge in [0.2, 0.25) is 5.95 Å². The Morgan fingerprint density at radius 3 is 2.62 bits per heavy atom. The van der Waals surface area contributed by atoms with Crippen molar-refractivity contribution in [2.24, 2.45) is 0 Å². The number of hydrogen-bond acceptors (Lipinski definition) is 3. The summed E-state index contributed by atoms with van der Waals surface area (Å²) in [7, 11) is 0. The normalized spacial score (nSPS) is 11.2. The average molecular weight is 367 g/mol. The summed E-state index contributed by atoms with van der Waals surface area (Å²) < 4.78 is 14.3. The predicted octanol–water partition coefficient (Wildman–Crippen LogP) is 4.64. The first kappa shape index (κ1) is 16.7. The molecule has 26 heavy (non-hydrogen) atoms. The van der Waals surface area contributed by atoms with Gasteiger partial charge in [0, 0.05) is 48.6 Å². The number of rotatable bonds is 4. The van der Waals surface area contributed by atoms with Gasteiger partial charge in [0.15, 0.2) is 0 Å². The molecule has 0 fully saturated rings. The molecular formula is C20H16ClFN4. The quantitative estimate of drug-likeness (QED) is 0.535. The minimum Gasteiger partial charge on any atom is -0.346 e. The number of nitrogens with one attached hydrogen (secondary N) is 1. The molecule has 0 saturated heterocycles. The SMILES string of the molecule is Cc1cnc2[nH]cc(Cc3cc(Cc4ccc(Cl)nc4)cnc3F)c2c1. The van der Waals surface area contributed by atoms with Crippen molar-refractivity contribution in [3.63, 3.8) is 0 Å². The summed E-state index contributed by atoms with van der Waals surface area (Å²) in [5, 5.41) is 1.46. The summed E-state index contributed by atoms with van der Waals surface area (Å²) in [6.07, 6.45) is 8.06. The molecule has 0 unspecified atom stereocenters. The first-order valence-corrected chi connectivity index (χ1v) is 8.62. The fourth-order valence-electron chi connectivity index (χ4n) is 3.02. The van der Waals surface area contributed by atoms with E-state index >= 15 is 0 Å². The Balaban J connectivity index is 1.63. The minimum absolute atomic E-state index is 0.446. The Bertz CT molecular complexity index is 1070. The second-order valence-electron chi connectivity index (χ2n) is 6.36. The van der Waals surface area contributed by atoms with Crippen LogP contribution >= 0.6 is 11.6 Å². The standard InChI is InChI=1S/C20H16ClFN4/c1-12-4-17-16(11-26-20(17)25-8-12)7-15-6-14(10-24-19(15)22)5-13-2-3-18(21)23-9-13/h2-4,6,8-11H,5,7H2,1H3,(H,25,26). The van der Waals surface area contributed by atoms with Crippen LogP contribution in [0.25, 0.3) is 11.0 Å². The molecule has 0 aromatic carbocycles. The van der Waals surface area contributed by atoms with Gasteiger partial charge in [-0.1, -0.05) is 17.7 Å². The molecule has 0 aliphatic rings. The maximum atomic E-state index is 14.3. The number of aromatic nitrogens is 4. The van der Waals surface area contributed by atoms with Gasteiger partial charge in [0.25, 0.3) is 0 Å². The Hall–Kier alpha value is -2.79. The van der Waals surface area contributed by atoms with Crippen molar-refractivity contribution in [1.29, 1.82) is 0 Å². The second-order valence-corrected chi connectivity index (χ2v) is 6.75. The van der Waals surface area contributed by atoms with Crippen LogP contribution in [0.15, 0.2) is 49.1 Å². The summed E-state index contributed by atoms with van der Waals surface area (Å²) in [6.45, 7) is 1.99. The zero-order valence-corrected chi connectivity index (χ0v) is 14.9. The third-order valence-electron chi connectivity index (χ3n) is 4.30. The highest BCUT2D eigenvalue weighted by Crippen LogP contribution is 2.22. The van der Waals surface area contributed by atoms with Crippen molar-refractivity contribution in [2.45, 2.75) is 19.8 Å². The number of nitrogens with zero attached hydrogens (tertiary/aromatic N) is 3. The lowest BCUT2D eigenvalue weighted by molar-refractivity contribution is 0.569. The van der Waals surface area contributed by atoms with Gasteiger partial charge in [-0.15, -0.1) is 0 Å². The largest absolute Gasteiger partial charge is 0.346 e. The molecule has 0 bridgehead atoms. The maximum absolute atomic E-state index is 14.3. The molecule has 6 heteroatoms. The zero-order chi connectivity index (χ0) is 18.1. The lowest BCUT2D eigenvalue weighted by atomic mass is 10.0. The molecule has 0 spiro atoms. The van der Waals surface area contributed by atoms with Crippen molar-refractivity contribution >= 4 is 22.6 Å². The number of hydrogen-bond donors (Lipinski definition) is 1. The number of aryl methyl sites for hydroxylation is 1. The van der Waals surface area contributed by atoms with Crippen LogP contribution in [0.4, 0.5) is 4.39 Å². The fraction of sp³-hybridized carbons (Fsp3) is 0.150. The van der Waals surface area contributed by atoms with Crippen LogP contribution < -0.4 is 0 Å². The minimum atomic E-state index is -0.446. The second kappa shape index (κ2) is 6.84. The number of fused-ring (bicyclic) bond motifs is 1. The summed E-state index contributed by atoms with van der Waals surface area (Å²) in [4.78, 5) is 15.5. The van der Waals surface area contributed by atoms with E-state index in [1.165, 1.54) is 0 Å². The van der Waals surface area contributed by atoms with Crippen molar-refractivity contribution in [3.05, 3.63) is 88.0 Å². The summed E-state index contributed by atoms with van der Waals surface area (Å²) >= 11 is 5.82. The lowest BCUT2D eigenvalue weighted by Crippen LogP contribution is -1.99. The van der Waals surface area contributed by atoms with Crippen LogP contribution in [0.3, 0.4) is 0 Å². The van der Waals surface area contributed by atoms with Crippen LogP contribution in [-0.4, -0.2) is 19.9 Å². The van der Waals surface area contributed by atoms with E-state index in [0.29, 0.717) is 23.6 Å². The molecule has 0 amide bonds.